The van der Waals surface area contributed by atoms with Crippen molar-refractivity contribution in [2.24, 2.45) is 0 Å². The molecule has 0 aliphatic rings. The molecule has 0 saturated carbocycles. The number of hydrogen-bond acceptors (Lipinski definition) is 4. The van der Waals surface area contributed by atoms with Crippen LogP contribution in [0.5, 0.6) is 5.75 Å². The molecular formula is C16H10Cl2F3NO4. The van der Waals surface area contributed by atoms with Gasteiger partial charge in [-0.2, -0.15) is 0 Å². The van der Waals surface area contributed by atoms with Crippen LogP contribution in [-0.4, -0.2) is 24.8 Å². The molecule has 0 aliphatic carbocycles. The Morgan fingerprint density at radius 3 is 2.31 bits per heavy atom. The summed E-state index contributed by atoms with van der Waals surface area (Å²) in [5.74, 6) is -2.04. The van der Waals surface area contributed by atoms with Crippen LogP contribution < -0.4 is 10.1 Å². The van der Waals surface area contributed by atoms with E-state index in [9.17, 15) is 22.8 Å². The molecule has 2 aromatic carbocycles. The first-order chi connectivity index (χ1) is 12.1. The van der Waals surface area contributed by atoms with Crippen molar-refractivity contribution in [3.05, 3.63) is 58.1 Å². The van der Waals surface area contributed by atoms with E-state index >= 15 is 0 Å². The van der Waals surface area contributed by atoms with E-state index in [1.807, 2.05) is 0 Å². The van der Waals surface area contributed by atoms with Gasteiger partial charge in [0.2, 0.25) is 0 Å². The van der Waals surface area contributed by atoms with Crippen LogP contribution >= 0.6 is 23.2 Å². The second-order valence-electron chi connectivity index (χ2n) is 4.82. The molecule has 0 aliphatic heterocycles. The summed E-state index contributed by atoms with van der Waals surface area (Å²) in [4.78, 5) is 23.6. The molecule has 0 atom stereocenters. The third kappa shape index (κ3) is 6.12. The third-order valence-corrected chi connectivity index (χ3v) is 3.43. The van der Waals surface area contributed by atoms with Crippen molar-refractivity contribution >= 4 is 40.8 Å². The highest BCUT2D eigenvalue weighted by Crippen LogP contribution is 2.25. The van der Waals surface area contributed by atoms with Gasteiger partial charge in [0.05, 0.1) is 16.3 Å². The van der Waals surface area contributed by atoms with Gasteiger partial charge in [-0.05, 0) is 42.5 Å². The highest BCUT2D eigenvalue weighted by Gasteiger charge is 2.31. The first-order valence-electron chi connectivity index (χ1n) is 6.92. The number of carbonyl (C=O) groups excluding carboxylic acids is 2. The van der Waals surface area contributed by atoms with E-state index in [4.69, 9.17) is 27.9 Å². The second-order valence-corrected chi connectivity index (χ2v) is 5.66. The summed E-state index contributed by atoms with van der Waals surface area (Å²) < 4.78 is 44.7. The largest absolute Gasteiger partial charge is 0.573 e. The van der Waals surface area contributed by atoms with Gasteiger partial charge < -0.3 is 14.8 Å². The Hall–Kier alpha value is -2.45. The normalized spacial score (nSPS) is 11.0. The lowest BCUT2D eigenvalue weighted by Gasteiger charge is -2.10. The molecule has 0 heterocycles. The summed E-state index contributed by atoms with van der Waals surface area (Å²) in [5, 5.41) is 3.01. The van der Waals surface area contributed by atoms with Crippen LogP contribution in [0.1, 0.15) is 10.4 Å². The number of halogens is 5. The third-order valence-electron chi connectivity index (χ3n) is 2.86. The standard InChI is InChI=1S/C16H10Cl2F3NO4/c17-10-3-6-12(18)13(7-10)22-14(23)8-25-15(24)9-1-4-11(5-2-9)26-16(19,20)21/h1-7H,8H2,(H,22,23). The number of benzene rings is 2. The zero-order chi connectivity index (χ0) is 19.3. The molecule has 26 heavy (non-hydrogen) atoms. The summed E-state index contributed by atoms with van der Waals surface area (Å²) >= 11 is 11.7. The smallest absolute Gasteiger partial charge is 0.452 e. The maximum atomic E-state index is 12.1. The first kappa shape index (κ1) is 19.9. The van der Waals surface area contributed by atoms with Crippen LogP contribution in [0.25, 0.3) is 0 Å². The molecule has 0 spiro atoms. The van der Waals surface area contributed by atoms with Crippen molar-refractivity contribution in [2.75, 3.05) is 11.9 Å². The van der Waals surface area contributed by atoms with Crippen molar-refractivity contribution in [1.29, 1.82) is 0 Å². The molecular weight excluding hydrogens is 398 g/mol. The van der Waals surface area contributed by atoms with Crippen molar-refractivity contribution < 1.29 is 32.2 Å². The molecule has 10 heteroatoms. The lowest BCUT2D eigenvalue weighted by Crippen LogP contribution is -2.21. The summed E-state index contributed by atoms with van der Waals surface area (Å²) in [6.45, 7) is -0.623. The van der Waals surface area contributed by atoms with Gasteiger partial charge in [0.25, 0.3) is 5.91 Å². The maximum Gasteiger partial charge on any atom is 0.573 e. The average molecular weight is 408 g/mol. The van der Waals surface area contributed by atoms with E-state index in [2.05, 4.69) is 10.1 Å². The molecule has 0 bridgehead atoms. The molecule has 0 saturated heterocycles. The Morgan fingerprint density at radius 1 is 1.04 bits per heavy atom. The van der Waals surface area contributed by atoms with Crippen LogP contribution in [0.2, 0.25) is 10.0 Å². The van der Waals surface area contributed by atoms with Gasteiger partial charge in [-0.25, -0.2) is 4.79 Å². The minimum Gasteiger partial charge on any atom is -0.452 e. The van der Waals surface area contributed by atoms with E-state index in [0.717, 1.165) is 24.3 Å². The lowest BCUT2D eigenvalue weighted by atomic mass is 10.2. The highest BCUT2D eigenvalue weighted by molar-refractivity contribution is 6.35. The minimum atomic E-state index is -4.83. The molecule has 2 rings (SSSR count). The predicted octanol–water partition coefficient (Wildman–Crippen LogP) is 4.69. The minimum absolute atomic E-state index is 0.0480. The van der Waals surface area contributed by atoms with Crippen molar-refractivity contribution in [3.63, 3.8) is 0 Å². The van der Waals surface area contributed by atoms with Gasteiger partial charge in [-0.1, -0.05) is 23.2 Å². The molecule has 1 N–H and O–H groups in total. The topological polar surface area (TPSA) is 64.6 Å². The Kier molecular flexibility index (Phi) is 6.33. The fraction of sp³-hybridized carbons (Fsp3) is 0.125. The van der Waals surface area contributed by atoms with E-state index in [1.165, 1.54) is 18.2 Å². The SMILES string of the molecule is O=C(COC(=O)c1ccc(OC(F)(F)F)cc1)Nc1cc(Cl)ccc1Cl. The lowest BCUT2D eigenvalue weighted by molar-refractivity contribution is -0.274. The van der Waals surface area contributed by atoms with Crippen LogP contribution in [0.4, 0.5) is 18.9 Å². The van der Waals surface area contributed by atoms with Crippen LogP contribution in [0, 0.1) is 0 Å². The molecule has 1 amide bonds. The Bertz CT molecular complexity index is 810. The fourth-order valence-corrected chi connectivity index (χ4v) is 2.12. The molecule has 0 fully saturated rings. The summed E-state index contributed by atoms with van der Waals surface area (Å²) in [7, 11) is 0. The molecule has 0 aromatic heterocycles. The Labute approximate surface area is 155 Å². The zero-order valence-corrected chi connectivity index (χ0v) is 14.3. The summed E-state index contributed by atoms with van der Waals surface area (Å²) in [5.41, 5.74) is 0.196. The molecule has 138 valence electrons. The van der Waals surface area contributed by atoms with Crippen LogP contribution in [0.15, 0.2) is 42.5 Å². The Morgan fingerprint density at radius 2 is 1.69 bits per heavy atom. The number of nitrogens with one attached hydrogen (secondary N) is 1. The monoisotopic (exact) mass is 407 g/mol. The molecule has 0 unspecified atom stereocenters. The van der Waals surface area contributed by atoms with Crippen molar-refractivity contribution in [1.82, 2.24) is 0 Å². The molecule has 2 aromatic rings. The van der Waals surface area contributed by atoms with Crippen LogP contribution in [-0.2, 0) is 9.53 Å². The van der Waals surface area contributed by atoms with E-state index in [1.54, 1.807) is 0 Å². The molecule has 0 radical (unpaired) electrons. The summed E-state index contributed by atoms with van der Waals surface area (Å²) in [6.07, 6.45) is -4.83. The quantitative estimate of drug-likeness (QED) is 0.730. The van der Waals surface area contributed by atoms with Crippen molar-refractivity contribution in [2.45, 2.75) is 6.36 Å². The highest BCUT2D eigenvalue weighted by atomic mass is 35.5. The fourth-order valence-electron chi connectivity index (χ4n) is 1.79. The number of hydrogen-bond donors (Lipinski definition) is 1. The van der Waals surface area contributed by atoms with Crippen LogP contribution in [0.3, 0.4) is 0 Å². The summed E-state index contributed by atoms with van der Waals surface area (Å²) in [6, 6.07) is 8.50. The number of ether oxygens (including phenoxy) is 2. The van der Waals surface area contributed by atoms with E-state index in [-0.39, 0.29) is 16.3 Å². The number of esters is 1. The number of anilines is 1. The number of amides is 1. The van der Waals surface area contributed by atoms with Gasteiger partial charge in [-0.15, -0.1) is 13.2 Å². The number of rotatable bonds is 5. The second kappa shape index (κ2) is 8.29. The Balaban J connectivity index is 1.89. The van der Waals surface area contributed by atoms with Gasteiger partial charge in [0.1, 0.15) is 5.75 Å². The maximum absolute atomic E-state index is 12.1. The first-order valence-corrected chi connectivity index (χ1v) is 7.67. The van der Waals surface area contributed by atoms with E-state index < -0.39 is 30.6 Å². The zero-order valence-electron chi connectivity index (χ0n) is 12.8. The number of carbonyl (C=O) groups is 2. The van der Waals surface area contributed by atoms with E-state index in [0.29, 0.717) is 5.02 Å². The predicted molar refractivity (Wildman–Crippen MR) is 88.5 cm³/mol. The average Bonchev–Trinajstić information content (AvgIpc) is 2.55. The van der Waals surface area contributed by atoms with Gasteiger partial charge in [0, 0.05) is 5.02 Å². The number of alkyl halides is 3. The van der Waals surface area contributed by atoms with Gasteiger partial charge >= 0.3 is 12.3 Å². The van der Waals surface area contributed by atoms with Gasteiger partial charge in [-0.3, -0.25) is 4.79 Å². The van der Waals surface area contributed by atoms with Gasteiger partial charge in [0.15, 0.2) is 6.61 Å². The molecule has 5 nitrogen and oxygen atoms in total. The van der Waals surface area contributed by atoms with Crippen molar-refractivity contribution in [3.8, 4) is 5.75 Å².